The van der Waals surface area contributed by atoms with Crippen LogP contribution in [0.4, 0.5) is 0 Å². The van der Waals surface area contributed by atoms with Gasteiger partial charge in [0.1, 0.15) is 6.23 Å². The van der Waals surface area contributed by atoms with Crippen LogP contribution in [-0.4, -0.2) is 24.8 Å². The molecule has 2 unspecified atom stereocenters. The fraction of sp³-hybridized carbons (Fsp3) is 0.308. The lowest BCUT2D eigenvalue weighted by molar-refractivity contribution is 0.0467. The van der Waals surface area contributed by atoms with E-state index in [0.29, 0.717) is 6.61 Å². The molecule has 0 bridgehead atoms. The van der Waals surface area contributed by atoms with Crippen LogP contribution in [0.1, 0.15) is 42.4 Å². The molecule has 0 aromatic heterocycles. The average molecular weight is 453 g/mol. The van der Waals surface area contributed by atoms with Gasteiger partial charge in [-0.15, -0.1) is 0 Å². The van der Waals surface area contributed by atoms with E-state index in [9.17, 15) is 0 Å². The van der Waals surface area contributed by atoms with Crippen molar-refractivity contribution in [1.82, 2.24) is 5.32 Å². The molecule has 0 heterocycles. The van der Waals surface area contributed by atoms with Crippen molar-refractivity contribution in [3.8, 4) is 0 Å². The summed E-state index contributed by atoms with van der Waals surface area (Å²) in [6.07, 6.45) is 3.49. The Morgan fingerprint density at radius 2 is 1.28 bits per heavy atom. The van der Waals surface area contributed by atoms with Crippen LogP contribution in [-0.2, 0) is 14.8 Å². The Morgan fingerprint density at radius 3 is 1.69 bits per heavy atom. The van der Waals surface area contributed by atoms with Gasteiger partial charge in [0, 0.05) is 7.11 Å². The number of ether oxygens (including phenoxy) is 1. The molecule has 0 aliphatic carbocycles. The van der Waals surface area contributed by atoms with E-state index in [0.717, 1.165) is 42.4 Å². The number of benzene rings is 3. The summed E-state index contributed by atoms with van der Waals surface area (Å²) < 4.78 is 11.0. The molecule has 0 amide bonds. The quantitative estimate of drug-likeness (QED) is 0.142. The van der Waals surface area contributed by atoms with Crippen LogP contribution in [0.5, 0.6) is 0 Å². The summed E-state index contributed by atoms with van der Waals surface area (Å²) in [6, 6.07) is 31.6. The molecule has 3 aromatic carbocycles. The molecule has 3 aromatic rings. The zero-order valence-corrected chi connectivity index (χ0v) is 19.5. The molecule has 0 radical (unpaired) electrons. The van der Waals surface area contributed by atoms with E-state index in [4.69, 9.17) is 19.7 Å². The third-order valence-electron chi connectivity index (χ3n) is 5.62. The summed E-state index contributed by atoms with van der Waals surface area (Å²) in [6.45, 7) is 0.478. The number of unbranched alkanes of at least 4 members (excludes halogenated alkanes) is 2. The van der Waals surface area contributed by atoms with Crippen molar-refractivity contribution >= 4 is 8.53 Å². The minimum absolute atomic E-state index is 0.152. The first-order chi connectivity index (χ1) is 15.7. The molecule has 0 spiro atoms. The number of hydrogen-bond acceptors (Lipinski definition) is 5. The molecule has 6 heteroatoms. The third kappa shape index (κ3) is 6.46. The van der Waals surface area contributed by atoms with E-state index in [1.54, 1.807) is 7.11 Å². The van der Waals surface area contributed by atoms with Gasteiger partial charge >= 0.3 is 0 Å². The van der Waals surface area contributed by atoms with Crippen LogP contribution in [0.3, 0.4) is 0 Å². The monoisotopic (exact) mass is 452 g/mol. The highest BCUT2D eigenvalue weighted by Crippen LogP contribution is 2.37. The molecule has 0 saturated carbocycles. The molecule has 0 fully saturated rings. The van der Waals surface area contributed by atoms with Crippen LogP contribution >= 0.6 is 8.53 Å². The Balaban J connectivity index is 1.89. The zero-order chi connectivity index (χ0) is 22.7. The Labute approximate surface area is 192 Å². The van der Waals surface area contributed by atoms with E-state index < -0.39 is 14.1 Å². The number of hydrogen-bond donors (Lipinski definition) is 3. The normalized spacial score (nSPS) is 13.6. The van der Waals surface area contributed by atoms with Crippen LogP contribution < -0.4 is 10.8 Å². The van der Waals surface area contributed by atoms with Crippen molar-refractivity contribution in [1.29, 1.82) is 0 Å². The number of methoxy groups -OCH3 is 1. The van der Waals surface area contributed by atoms with Gasteiger partial charge in [0.25, 0.3) is 0 Å². The molecule has 5 nitrogen and oxygen atoms in total. The van der Waals surface area contributed by atoms with Crippen molar-refractivity contribution in [2.45, 2.75) is 37.5 Å². The summed E-state index contributed by atoms with van der Waals surface area (Å²) in [5.74, 6) is 0. The number of rotatable bonds is 13. The first kappa shape index (κ1) is 24.5. The van der Waals surface area contributed by atoms with E-state index >= 15 is 0 Å². The van der Waals surface area contributed by atoms with Crippen LogP contribution in [0.15, 0.2) is 91.0 Å². The zero-order valence-electron chi connectivity index (χ0n) is 18.6. The molecule has 170 valence electrons. The minimum atomic E-state index is -1.77. The Kier molecular flexibility index (Phi) is 9.82. The van der Waals surface area contributed by atoms with Crippen molar-refractivity contribution in [3.05, 3.63) is 108 Å². The molecular weight excluding hydrogens is 419 g/mol. The molecule has 0 saturated heterocycles. The Morgan fingerprint density at radius 1 is 0.812 bits per heavy atom. The molecule has 2 atom stereocenters. The highest BCUT2D eigenvalue weighted by molar-refractivity contribution is 7.43. The van der Waals surface area contributed by atoms with Gasteiger partial charge in [-0.05, 0) is 36.0 Å². The molecule has 32 heavy (non-hydrogen) atoms. The maximum atomic E-state index is 9.08. The number of nitrogens with one attached hydrogen (secondary N) is 1. The van der Waals surface area contributed by atoms with Gasteiger partial charge in [0.05, 0.1) is 12.1 Å². The lowest BCUT2D eigenvalue weighted by Gasteiger charge is -2.40. The lowest BCUT2D eigenvalue weighted by atomic mass is 9.76. The van der Waals surface area contributed by atoms with Gasteiger partial charge in [0.15, 0.2) is 0 Å². The molecule has 4 N–H and O–H groups in total. The Hall–Kier alpha value is -2.11. The van der Waals surface area contributed by atoms with Gasteiger partial charge < -0.3 is 14.2 Å². The van der Waals surface area contributed by atoms with Crippen molar-refractivity contribution in [3.63, 3.8) is 0 Å². The van der Waals surface area contributed by atoms with Crippen LogP contribution in [0.25, 0.3) is 0 Å². The van der Waals surface area contributed by atoms with Gasteiger partial charge in [-0.25, -0.2) is 0 Å². The maximum absolute atomic E-state index is 9.08. The number of nitrogens with two attached hydrogens (primary N) is 1. The topological polar surface area (TPSA) is 76.7 Å². The molecule has 3 rings (SSSR count). The van der Waals surface area contributed by atoms with Crippen molar-refractivity contribution < 1.29 is 14.2 Å². The van der Waals surface area contributed by atoms with Gasteiger partial charge in [-0.3, -0.25) is 10.8 Å². The fourth-order valence-corrected chi connectivity index (χ4v) is 4.39. The predicted molar refractivity (Wildman–Crippen MR) is 131 cm³/mol. The predicted octanol–water partition coefficient (Wildman–Crippen LogP) is 5.30. The van der Waals surface area contributed by atoms with E-state index in [-0.39, 0.29) is 6.23 Å². The summed E-state index contributed by atoms with van der Waals surface area (Å²) in [7, 11) is -0.0199. The minimum Gasteiger partial charge on any atom is -0.367 e. The van der Waals surface area contributed by atoms with E-state index in [2.05, 4.69) is 78.1 Å². The van der Waals surface area contributed by atoms with Crippen molar-refractivity contribution in [2.24, 2.45) is 5.50 Å². The summed E-state index contributed by atoms with van der Waals surface area (Å²) >= 11 is 0. The summed E-state index contributed by atoms with van der Waals surface area (Å²) in [5.41, 5.74) is 8.20. The first-order valence-corrected chi connectivity index (χ1v) is 12.3. The van der Waals surface area contributed by atoms with Gasteiger partial charge in [-0.1, -0.05) is 97.4 Å². The third-order valence-corrected chi connectivity index (χ3v) is 6.06. The average Bonchev–Trinajstić information content (AvgIpc) is 2.85. The molecular formula is C26H33N2O3P. The van der Waals surface area contributed by atoms with Gasteiger partial charge in [0.2, 0.25) is 8.53 Å². The van der Waals surface area contributed by atoms with Gasteiger partial charge in [-0.2, -0.15) is 0 Å². The smallest absolute Gasteiger partial charge is 0.250 e. The molecule has 0 aliphatic rings. The maximum Gasteiger partial charge on any atom is 0.250 e. The van der Waals surface area contributed by atoms with Crippen LogP contribution in [0, 0.1) is 0 Å². The highest BCUT2D eigenvalue weighted by Gasteiger charge is 2.37. The summed E-state index contributed by atoms with van der Waals surface area (Å²) in [4.78, 5) is 9.08. The van der Waals surface area contributed by atoms with Crippen molar-refractivity contribution in [2.75, 3.05) is 13.7 Å². The SMILES string of the molecule is COC(CCCCCOP(N)O)NC(c1ccccc1)(c1ccccc1)c1ccccc1. The first-order valence-electron chi connectivity index (χ1n) is 11.0. The van der Waals surface area contributed by atoms with Crippen LogP contribution in [0.2, 0.25) is 0 Å². The fourth-order valence-electron chi connectivity index (χ4n) is 4.07. The standard InChI is InChI=1S/C26H33N2O3P/c1-30-25(20-12-5-13-21-31-32(27)29)28-26(22-14-6-2-7-15-22,23-16-8-3-9-17-23)24-18-10-4-11-19-24/h2-4,6-11,14-19,25,28-29H,5,12-13,20-21,27H2,1H3. The highest BCUT2D eigenvalue weighted by atomic mass is 31.2. The summed E-state index contributed by atoms with van der Waals surface area (Å²) in [5, 5.41) is 3.87. The van der Waals surface area contributed by atoms with E-state index in [1.165, 1.54) is 0 Å². The largest absolute Gasteiger partial charge is 0.367 e. The van der Waals surface area contributed by atoms with E-state index in [1.807, 2.05) is 18.2 Å². The second-order valence-corrected chi connectivity index (χ2v) is 8.57. The molecule has 0 aliphatic heterocycles. The Bertz CT molecular complexity index is 798. The second-order valence-electron chi connectivity index (χ2n) is 7.70. The second kappa shape index (κ2) is 12.8. The lowest BCUT2D eigenvalue weighted by Crippen LogP contribution is -2.50.